The number of nitrogens with two attached hydrogens (primary N) is 2. The van der Waals surface area contributed by atoms with Crippen LogP contribution in [0.15, 0.2) is 66.7 Å². The average Bonchev–Trinajstić information content (AvgIpc) is 2.87. The van der Waals surface area contributed by atoms with Crippen molar-refractivity contribution in [3.05, 3.63) is 83.4 Å². The van der Waals surface area contributed by atoms with Crippen molar-refractivity contribution >= 4 is 29.1 Å². The number of anilines is 2. The van der Waals surface area contributed by atoms with Crippen LogP contribution < -0.4 is 31.4 Å². The van der Waals surface area contributed by atoms with E-state index in [1.165, 1.54) is 18.2 Å². The Kier molecular flexibility index (Phi) is 8.70. The van der Waals surface area contributed by atoms with Crippen molar-refractivity contribution in [3.8, 4) is 11.5 Å². The number of carboxylic acid groups (broad SMARTS) is 1. The molecule has 0 aliphatic rings. The Hall–Kier alpha value is -4.57. The summed E-state index contributed by atoms with van der Waals surface area (Å²) in [4.78, 5) is 25.1. The fourth-order valence-corrected chi connectivity index (χ4v) is 3.58. The zero-order chi connectivity index (χ0) is 27.1. The summed E-state index contributed by atoms with van der Waals surface area (Å²) in [6, 6.07) is 16.7. The van der Waals surface area contributed by atoms with E-state index in [1.54, 1.807) is 48.5 Å². The molecule has 0 aliphatic heterocycles. The molecule has 0 fully saturated rings. The number of hydrogen-bond donors (Lipinski definition) is 5. The number of carbonyl (C=O) groups excluding carboxylic acids is 1. The molecule has 0 saturated carbocycles. The Morgan fingerprint density at radius 3 is 2.32 bits per heavy atom. The lowest BCUT2D eigenvalue weighted by atomic mass is 10.0. The van der Waals surface area contributed by atoms with E-state index in [0.29, 0.717) is 34.9 Å². The van der Waals surface area contributed by atoms with E-state index < -0.39 is 17.9 Å². The second-order valence-corrected chi connectivity index (χ2v) is 8.44. The van der Waals surface area contributed by atoms with Crippen LogP contribution in [0.2, 0.25) is 0 Å². The fraction of sp³-hybridized carbons (Fsp3) is 0.222. The molecule has 7 N–H and O–H groups in total. The van der Waals surface area contributed by atoms with Crippen LogP contribution >= 0.6 is 0 Å². The number of rotatable bonds is 11. The highest BCUT2D eigenvalue weighted by atomic mass is 16.5. The summed E-state index contributed by atoms with van der Waals surface area (Å²) in [6.07, 6.45) is -0.0820. The first-order valence-corrected chi connectivity index (χ1v) is 11.7. The molecule has 1 unspecified atom stereocenters. The zero-order valence-corrected chi connectivity index (χ0v) is 20.9. The predicted molar refractivity (Wildman–Crippen MR) is 142 cm³/mol. The number of hydrogen-bond acceptors (Lipinski definition) is 7. The number of carbonyl (C=O) groups is 2. The minimum atomic E-state index is -1.13. The Labute approximate surface area is 215 Å². The van der Waals surface area contributed by atoms with Gasteiger partial charge in [-0.1, -0.05) is 12.1 Å². The van der Waals surface area contributed by atoms with Gasteiger partial charge >= 0.3 is 5.97 Å². The van der Waals surface area contributed by atoms with Gasteiger partial charge in [-0.25, -0.2) is 15.6 Å². The van der Waals surface area contributed by atoms with E-state index in [1.807, 2.05) is 20.8 Å². The molecule has 0 aromatic heterocycles. The smallest absolute Gasteiger partial charge is 0.335 e. The fourth-order valence-electron chi connectivity index (χ4n) is 3.58. The van der Waals surface area contributed by atoms with E-state index in [2.05, 4.69) is 5.32 Å². The monoisotopic (exact) mass is 505 g/mol. The largest absolute Gasteiger partial charge is 0.490 e. The Morgan fingerprint density at radius 1 is 1.03 bits per heavy atom. The number of nitrogens with one attached hydrogen (secondary N) is 2. The first-order valence-electron chi connectivity index (χ1n) is 11.7. The van der Waals surface area contributed by atoms with Gasteiger partial charge < -0.3 is 25.6 Å². The molecular weight excluding hydrogens is 474 g/mol. The number of nitrogens with zero attached hydrogens (tertiary/aromatic N) is 1. The minimum absolute atomic E-state index is 0.00102. The van der Waals surface area contributed by atoms with Crippen LogP contribution in [-0.4, -0.2) is 35.5 Å². The van der Waals surface area contributed by atoms with Crippen molar-refractivity contribution < 1.29 is 24.2 Å². The van der Waals surface area contributed by atoms with Crippen molar-refractivity contribution in [2.75, 3.05) is 16.9 Å². The summed E-state index contributed by atoms with van der Waals surface area (Å²) < 4.78 is 11.6. The van der Waals surface area contributed by atoms with Gasteiger partial charge in [0.25, 0.3) is 5.91 Å². The van der Waals surface area contributed by atoms with Crippen molar-refractivity contribution in [2.45, 2.75) is 32.9 Å². The predicted octanol–water partition coefficient (Wildman–Crippen LogP) is 3.91. The molecule has 0 saturated heterocycles. The molecule has 0 radical (unpaired) electrons. The maximum atomic E-state index is 13.7. The molecule has 0 heterocycles. The molecule has 10 heteroatoms. The lowest BCUT2D eigenvalue weighted by molar-refractivity contribution is -0.119. The first kappa shape index (κ1) is 27.0. The number of ether oxygens (including phenoxy) is 2. The van der Waals surface area contributed by atoms with Crippen LogP contribution in [0.4, 0.5) is 11.4 Å². The van der Waals surface area contributed by atoms with Crippen molar-refractivity contribution in [1.82, 2.24) is 0 Å². The number of amidine groups is 1. The highest BCUT2D eigenvalue weighted by molar-refractivity contribution is 6.00. The standard InChI is InChI=1S/C27H31N5O5/c1-4-36-23-15-18(10-13-22(23)37-16(2)3)24(31-20-11-8-17(9-12-20)25(28)29)26(33)32(30)21-7-5-6-19(14-21)27(34)35/h5-16,24,31H,4,30H2,1-3H3,(H3,28,29)(H,34,35). The molecule has 3 aromatic rings. The third kappa shape index (κ3) is 6.77. The van der Waals surface area contributed by atoms with E-state index in [9.17, 15) is 14.7 Å². The molecule has 3 rings (SSSR count). The summed E-state index contributed by atoms with van der Waals surface area (Å²) in [6.45, 7) is 6.04. The molecule has 0 aliphatic carbocycles. The van der Waals surface area contributed by atoms with Crippen LogP contribution in [0.3, 0.4) is 0 Å². The van der Waals surface area contributed by atoms with Crippen LogP contribution in [0.5, 0.6) is 11.5 Å². The summed E-state index contributed by atoms with van der Waals surface area (Å²) in [5.74, 6) is 5.46. The van der Waals surface area contributed by atoms with Gasteiger partial charge in [-0.15, -0.1) is 0 Å². The van der Waals surface area contributed by atoms with Crippen molar-refractivity contribution in [3.63, 3.8) is 0 Å². The first-order chi connectivity index (χ1) is 17.6. The minimum Gasteiger partial charge on any atom is -0.490 e. The van der Waals surface area contributed by atoms with E-state index in [0.717, 1.165) is 5.01 Å². The molecule has 0 bridgehead atoms. The van der Waals surface area contributed by atoms with E-state index in [4.69, 9.17) is 26.5 Å². The molecule has 10 nitrogen and oxygen atoms in total. The van der Waals surface area contributed by atoms with Gasteiger partial charge in [-0.3, -0.25) is 10.2 Å². The molecule has 37 heavy (non-hydrogen) atoms. The van der Waals surface area contributed by atoms with Gasteiger partial charge in [0.1, 0.15) is 11.9 Å². The Balaban J connectivity index is 2.03. The zero-order valence-electron chi connectivity index (χ0n) is 20.9. The maximum absolute atomic E-state index is 13.7. The summed E-state index contributed by atoms with van der Waals surface area (Å²) >= 11 is 0. The van der Waals surface area contributed by atoms with Crippen LogP contribution in [0.25, 0.3) is 0 Å². The second kappa shape index (κ2) is 11.9. The number of hydrazine groups is 1. The molecule has 1 amide bonds. The van der Waals surface area contributed by atoms with Crippen LogP contribution in [0.1, 0.15) is 48.3 Å². The highest BCUT2D eigenvalue weighted by Crippen LogP contribution is 2.33. The van der Waals surface area contributed by atoms with Crippen LogP contribution in [-0.2, 0) is 4.79 Å². The number of nitrogen functional groups attached to an aromatic ring is 1. The van der Waals surface area contributed by atoms with Gasteiger partial charge in [0, 0.05) is 11.3 Å². The van der Waals surface area contributed by atoms with Gasteiger partial charge in [-0.05, 0) is 80.9 Å². The second-order valence-electron chi connectivity index (χ2n) is 8.44. The third-order valence-electron chi connectivity index (χ3n) is 5.33. The van der Waals surface area contributed by atoms with Gasteiger partial charge in [-0.2, -0.15) is 0 Å². The summed E-state index contributed by atoms with van der Waals surface area (Å²) in [7, 11) is 0. The normalized spacial score (nSPS) is 11.5. The highest BCUT2D eigenvalue weighted by Gasteiger charge is 2.27. The third-order valence-corrected chi connectivity index (χ3v) is 5.33. The van der Waals surface area contributed by atoms with E-state index in [-0.39, 0.29) is 23.2 Å². The molecule has 194 valence electrons. The van der Waals surface area contributed by atoms with E-state index >= 15 is 0 Å². The lowest BCUT2D eigenvalue weighted by Crippen LogP contribution is -2.43. The molecular formula is C27H31N5O5. The summed E-state index contributed by atoms with van der Waals surface area (Å²) in [5, 5.41) is 21.0. The Bertz CT molecular complexity index is 1280. The SMILES string of the molecule is CCOc1cc(C(Nc2ccc(C(=N)N)cc2)C(=O)N(N)c2cccc(C(=O)O)c2)ccc1OC(C)C. The summed E-state index contributed by atoms with van der Waals surface area (Å²) in [5.41, 5.74) is 7.43. The van der Waals surface area contributed by atoms with Crippen molar-refractivity contribution in [1.29, 1.82) is 5.41 Å². The Morgan fingerprint density at radius 2 is 1.73 bits per heavy atom. The topological polar surface area (TPSA) is 164 Å². The average molecular weight is 506 g/mol. The number of amides is 1. The number of aromatic carboxylic acids is 1. The van der Waals surface area contributed by atoms with Gasteiger partial charge in [0.05, 0.1) is 24.0 Å². The quantitative estimate of drug-likeness (QED) is 0.0860. The van der Waals surface area contributed by atoms with Gasteiger partial charge in [0.2, 0.25) is 0 Å². The number of benzene rings is 3. The number of carboxylic acids is 1. The van der Waals surface area contributed by atoms with Gasteiger partial charge in [0.15, 0.2) is 11.5 Å². The van der Waals surface area contributed by atoms with Crippen LogP contribution in [0, 0.1) is 5.41 Å². The molecule has 1 atom stereocenters. The lowest BCUT2D eigenvalue weighted by Gasteiger charge is -2.26. The maximum Gasteiger partial charge on any atom is 0.335 e. The molecule has 0 spiro atoms. The molecule has 3 aromatic carbocycles. The van der Waals surface area contributed by atoms with Crippen molar-refractivity contribution in [2.24, 2.45) is 11.6 Å².